The summed E-state index contributed by atoms with van der Waals surface area (Å²) in [6.45, 7) is 7.21. The molecule has 2 saturated heterocycles. The molecule has 0 bridgehead atoms. The van der Waals surface area contributed by atoms with E-state index in [1.165, 1.54) is 7.11 Å². The summed E-state index contributed by atoms with van der Waals surface area (Å²) in [5.74, 6) is 1.23. The minimum atomic E-state index is -0.696. The van der Waals surface area contributed by atoms with Crippen LogP contribution in [0.3, 0.4) is 0 Å². The Hall–Kier alpha value is -4.84. The molecule has 3 N–H and O–H groups in total. The Morgan fingerprint density at radius 2 is 1.55 bits per heavy atom. The first-order chi connectivity index (χ1) is 26.9. The fourth-order valence-corrected chi connectivity index (χ4v) is 8.18. The smallest absolute Gasteiger partial charge is 0.410 e. The molecule has 2 fully saturated rings. The number of ether oxygens (including phenoxy) is 3. The summed E-state index contributed by atoms with van der Waals surface area (Å²) in [4.78, 5) is 43.3. The van der Waals surface area contributed by atoms with Gasteiger partial charge in [-0.1, -0.05) is 71.7 Å². The molecule has 3 aliphatic heterocycles. The summed E-state index contributed by atoms with van der Waals surface area (Å²) in [5, 5.41) is 10.6. The summed E-state index contributed by atoms with van der Waals surface area (Å²) in [7, 11) is 1.54. The third-order valence-electron chi connectivity index (χ3n) is 10.3. The van der Waals surface area contributed by atoms with Crippen molar-refractivity contribution >= 4 is 41.1 Å². The van der Waals surface area contributed by atoms with Gasteiger partial charge in [-0.3, -0.25) is 9.59 Å². The lowest BCUT2D eigenvalue weighted by Gasteiger charge is -2.29. The zero-order valence-corrected chi connectivity index (χ0v) is 33.6. The van der Waals surface area contributed by atoms with E-state index in [4.69, 9.17) is 42.4 Å². The fourth-order valence-electron chi connectivity index (χ4n) is 7.52. The topological polar surface area (TPSA) is 131 Å². The number of nitrogens with zero attached hydrogens (tertiary/aromatic N) is 2. The quantitative estimate of drug-likeness (QED) is 0.139. The molecule has 0 aliphatic carbocycles. The molecule has 0 saturated carbocycles. The summed E-state index contributed by atoms with van der Waals surface area (Å²) < 4.78 is 17.6. The van der Waals surface area contributed by atoms with Crippen molar-refractivity contribution in [3.8, 4) is 45.1 Å². The first-order valence-corrected chi connectivity index (χ1v) is 19.8. The van der Waals surface area contributed by atoms with Gasteiger partial charge in [0.05, 0.1) is 36.0 Å². The Kier molecular flexibility index (Phi) is 11.8. The highest BCUT2D eigenvalue weighted by Crippen LogP contribution is 2.44. The Morgan fingerprint density at radius 1 is 0.893 bits per heavy atom. The normalized spacial score (nSPS) is 19.1. The van der Waals surface area contributed by atoms with E-state index in [1.54, 1.807) is 4.90 Å². The molecule has 4 heterocycles. The molecular formula is C43H47Cl2N5O6. The van der Waals surface area contributed by atoms with Gasteiger partial charge in [0.15, 0.2) is 0 Å². The summed E-state index contributed by atoms with van der Waals surface area (Å²) in [6.07, 6.45) is 2.84. The number of aromatic nitrogens is 1. The van der Waals surface area contributed by atoms with Crippen LogP contribution < -0.4 is 25.4 Å². The van der Waals surface area contributed by atoms with Crippen LogP contribution in [0.4, 0.5) is 4.79 Å². The Morgan fingerprint density at radius 3 is 2.21 bits per heavy atom. The predicted octanol–water partition coefficient (Wildman–Crippen LogP) is 8.11. The van der Waals surface area contributed by atoms with Gasteiger partial charge >= 0.3 is 6.09 Å². The molecule has 7 rings (SSSR count). The molecule has 56 heavy (non-hydrogen) atoms. The highest BCUT2D eigenvalue weighted by Gasteiger charge is 2.30. The molecule has 4 aromatic rings. The SMILES string of the molecule is COc1nc(-c2cccc(-c3cccc(-c4ccc5c(c4)OCCC5NC[C@@H]4CCC(=O)N4)c3Cl)c2Cl)ccc1CN(C[C@@H]1CCC(=O)N1)C(=O)OC(C)(C)C. The second kappa shape index (κ2) is 16.7. The van der Waals surface area contributed by atoms with Gasteiger partial charge in [0, 0.05) is 83.9 Å². The number of hydrogen-bond acceptors (Lipinski definition) is 8. The van der Waals surface area contributed by atoms with E-state index in [-0.39, 0.29) is 43.0 Å². The van der Waals surface area contributed by atoms with E-state index >= 15 is 0 Å². The predicted molar refractivity (Wildman–Crippen MR) is 217 cm³/mol. The van der Waals surface area contributed by atoms with Crippen LogP contribution in [-0.4, -0.2) is 72.3 Å². The number of methoxy groups -OCH3 is 1. The van der Waals surface area contributed by atoms with Gasteiger partial charge in [0.1, 0.15) is 11.4 Å². The van der Waals surface area contributed by atoms with Crippen LogP contribution in [0.5, 0.6) is 11.6 Å². The van der Waals surface area contributed by atoms with Crippen LogP contribution in [0.25, 0.3) is 33.5 Å². The highest BCUT2D eigenvalue weighted by molar-refractivity contribution is 6.39. The minimum Gasteiger partial charge on any atom is -0.493 e. The van der Waals surface area contributed by atoms with Gasteiger partial charge in [-0.25, -0.2) is 9.78 Å². The van der Waals surface area contributed by atoms with Crippen LogP contribution in [0.2, 0.25) is 10.0 Å². The van der Waals surface area contributed by atoms with Crippen LogP contribution in [0.15, 0.2) is 66.7 Å². The maximum atomic E-state index is 13.3. The molecular weight excluding hydrogens is 753 g/mol. The summed E-state index contributed by atoms with van der Waals surface area (Å²) in [5.41, 5.74) is 5.61. The van der Waals surface area contributed by atoms with E-state index in [1.807, 2.05) is 75.4 Å². The highest BCUT2D eigenvalue weighted by atomic mass is 35.5. The van der Waals surface area contributed by atoms with E-state index < -0.39 is 11.7 Å². The minimum absolute atomic E-state index is 0.0289. The average Bonchev–Trinajstić information content (AvgIpc) is 3.79. The first kappa shape index (κ1) is 39.4. The lowest BCUT2D eigenvalue weighted by molar-refractivity contribution is -0.120. The number of benzene rings is 3. The van der Waals surface area contributed by atoms with E-state index in [0.717, 1.165) is 46.4 Å². The number of amides is 3. The van der Waals surface area contributed by atoms with Crippen molar-refractivity contribution in [2.75, 3.05) is 26.8 Å². The molecule has 3 aromatic carbocycles. The number of rotatable bonds is 11. The first-order valence-electron chi connectivity index (χ1n) is 19.1. The number of hydrogen-bond donors (Lipinski definition) is 3. The van der Waals surface area contributed by atoms with Crippen molar-refractivity contribution in [3.05, 3.63) is 87.9 Å². The standard InChI is InChI=1S/C43H47Cl2N5O6/c1-43(2,3)56-42(53)50(24-28-14-18-38(52)48-28)23-26-12-16-35(49-41(26)54-4)33-10-6-9-31(40(33)45)30-8-5-7-29(39(30)44)25-11-15-32-34(19-20-55-36(32)21-25)46-22-27-13-17-37(51)47-27/h5-12,15-16,21,27-28,34,46H,13-14,17-20,22-24H2,1-4H3,(H,47,51)(H,48,52)/t27-,28-,34?/m0/s1. The summed E-state index contributed by atoms with van der Waals surface area (Å²) >= 11 is 14.4. The van der Waals surface area contributed by atoms with Gasteiger partial charge < -0.3 is 35.1 Å². The maximum Gasteiger partial charge on any atom is 0.410 e. The molecule has 1 unspecified atom stereocenters. The van der Waals surface area contributed by atoms with Crippen LogP contribution in [0, 0.1) is 0 Å². The second-order valence-corrected chi connectivity index (χ2v) is 16.3. The van der Waals surface area contributed by atoms with E-state index in [2.05, 4.69) is 28.1 Å². The molecule has 13 heteroatoms. The molecule has 11 nitrogen and oxygen atoms in total. The van der Waals surface area contributed by atoms with Crippen molar-refractivity contribution in [2.24, 2.45) is 0 Å². The van der Waals surface area contributed by atoms with Crippen molar-refractivity contribution in [2.45, 2.75) is 83.1 Å². The van der Waals surface area contributed by atoms with Gasteiger partial charge in [0.25, 0.3) is 0 Å². The monoisotopic (exact) mass is 799 g/mol. The van der Waals surface area contributed by atoms with Crippen molar-refractivity contribution in [1.82, 2.24) is 25.8 Å². The number of fused-ring (bicyclic) bond motifs is 1. The van der Waals surface area contributed by atoms with Crippen molar-refractivity contribution < 1.29 is 28.6 Å². The largest absolute Gasteiger partial charge is 0.493 e. The number of halogens is 2. The number of carbonyl (C=O) groups excluding carboxylic acids is 3. The average molecular weight is 801 g/mol. The van der Waals surface area contributed by atoms with Gasteiger partial charge in [-0.15, -0.1) is 0 Å². The molecule has 3 amide bonds. The molecule has 3 atom stereocenters. The maximum absolute atomic E-state index is 13.3. The molecule has 3 aliphatic rings. The van der Waals surface area contributed by atoms with Crippen molar-refractivity contribution in [3.63, 3.8) is 0 Å². The Bertz CT molecular complexity index is 2140. The van der Waals surface area contributed by atoms with Crippen LogP contribution >= 0.6 is 23.2 Å². The zero-order chi connectivity index (χ0) is 39.6. The number of carbonyl (C=O) groups is 3. The number of nitrogens with one attached hydrogen (secondary N) is 3. The third-order valence-corrected chi connectivity index (χ3v) is 11.1. The van der Waals surface area contributed by atoms with E-state index in [0.29, 0.717) is 65.2 Å². The molecule has 1 aromatic heterocycles. The Balaban J connectivity index is 1.13. The summed E-state index contributed by atoms with van der Waals surface area (Å²) in [6, 6.07) is 21.7. The van der Waals surface area contributed by atoms with Crippen LogP contribution in [-0.2, 0) is 20.9 Å². The van der Waals surface area contributed by atoms with Crippen molar-refractivity contribution in [1.29, 1.82) is 0 Å². The van der Waals surface area contributed by atoms with Gasteiger partial charge in [0.2, 0.25) is 17.7 Å². The zero-order valence-electron chi connectivity index (χ0n) is 32.0. The molecule has 294 valence electrons. The van der Waals surface area contributed by atoms with Crippen LogP contribution in [0.1, 0.15) is 70.0 Å². The second-order valence-electron chi connectivity index (χ2n) is 15.5. The molecule has 0 radical (unpaired) electrons. The van der Waals surface area contributed by atoms with E-state index in [9.17, 15) is 14.4 Å². The Labute approximate surface area is 337 Å². The molecule has 0 spiro atoms. The fraction of sp³-hybridized carbons (Fsp3) is 0.395. The number of pyridine rings is 1. The van der Waals surface area contributed by atoms with Gasteiger partial charge in [-0.2, -0.15) is 0 Å². The third kappa shape index (κ3) is 8.90. The van der Waals surface area contributed by atoms with Gasteiger partial charge in [-0.05, 0) is 57.4 Å². The lowest BCUT2D eigenvalue weighted by Crippen LogP contribution is -2.43. The lowest BCUT2D eigenvalue weighted by atomic mass is 9.94.